The predicted octanol–water partition coefficient (Wildman–Crippen LogP) is 2.44. The topological polar surface area (TPSA) is 35.5 Å². The first kappa shape index (κ1) is 18.0. The number of hydrogen-bond donors (Lipinski definition) is 0. The van der Waals surface area contributed by atoms with Crippen molar-refractivity contribution in [2.45, 2.75) is 31.8 Å². The Kier molecular flexibility index (Phi) is 6.00. The zero-order valence-corrected chi connectivity index (χ0v) is 16.2. The summed E-state index contributed by atoms with van der Waals surface area (Å²) in [6.07, 6.45) is 6.66. The van der Waals surface area contributed by atoms with Crippen LogP contribution in [0.1, 0.15) is 26.7 Å². The van der Waals surface area contributed by atoms with E-state index in [1.807, 2.05) is 18.5 Å². The van der Waals surface area contributed by atoms with E-state index in [4.69, 9.17) is 0 Å². The van der Waals surface area contributed by atoms with Crippen molar-refractivity contribution < 1.29 is 0 Å². The highest BCUT2D eigenvalue weighted by Crippen LogP contribution is 2.23. The van der Waals surface area contributed by atoms with Gasteiger partial charge in [0, 0.05) is 45.5 Å². The molecule has 2 aliphatic heterocycles. The molecule has 2 fully saturated rings. The quantitative estimate of drug-likeness (QED) is 0.580. The Balaban J connectivity index is 1.49. The monoisotopic (exact) mass is 349 g/mol. The van der Waals surface area contributed by atoms with Gasteiger partial charge in [0.05, 0.1) is 0 Å². The van der Waals surface area contributed by atoms with Crippen molar-refractivity contribution in [2.24, 2.45) is 5.41 Å². The molecule has 134 valence electrons. The van der Waals surface area contributed by atoms with Crippen LogP contribution >= 0.6 is 11.8 Å². The van der Waals surface area contributed by atoms with Crippen LogP contribution in [0, 0.1) is 5.41 Å². The summed E-state index contributed by atoms with van der Waals surface area (Å²) in [7, 11) is 0. The van der Waals surface area contributed by atoms with Gasteiger partial charge in [-0.1, -0.05) is 25.6 Å². The van der Waals surface area contributed by atoms with Crippen LogP contribution in [0.25, 0.3) is 0 Å². The van der Waals surface area contributed by atoms with Crippen molar-refractivity contribution in [1.29, 1.82) is 0 Å². The molecular formula is C18H31N5S. The fraction of sp³-hybridized carbons (Fsp3) is 0.778. The standard InChI is InChI=1S/C18H31N5S/c1-18(2,14-21-8-4-5-9-21)15-22-10-12-23(13-11-22)16-6-7-19-17(20-16)24-3/h6-7H,4-5,8-15H2,1-3H3. The van der Waals surface area contributed by atoms with E-state index < -0.39 is 0 Å². The van der Waals surface area contributed by atoms with Gasteiger partial charge in [-0.05, 0) is 43.7 Å². The van der Waals surface area contributed by atoms with Crippen LogP contribution in [-0.2, 0) is 0 Å². The molecular weight excluding hydrogens is 318 g/mol. The molecule has 0 unspecified atom stereocenters. The van der Waals surface area contributed by atoms with Gasteiger partial charge in [-0.15, -0.1) is 0 Å². The normalized spacial score (nSPS) is 20.7. The molecule has 3 rings (SSSR count). The lowest BCUT2D eigenvalue weighted by Gasteiger charge is -2.40. The van der Waals surface area contributed by atoms with Crippen LogP contribution in [-0.4, -0.2) is 78.4 Å². The average molecular weight is 350 g/mol. The van der Waals surface area contributed by atoms with Gasteiger partial charge in [0.2, 0.25) is 0 Å². The third kappa shape index (κ3) is 4.83. The van der Waals surface area contributed by atoms with Gasteiger partial charge in [-0.25, -0.2) is 9.97 Å². The Hall–Kier alpha value is -0.850. The van der Waals surface area contributed by atoms with E-state index >= 15 is 0 Å². The maximum absolute atomic E-state index is 4.64. The minimum absolute atomic E-state index is 0.368. The Morgan fingerprint density at radius 2 is 1.62 bits per heavy atom. The molecule has 24 heavy (non-hydrogen) atoms. The third-order valence-corrected chi connectivity index (χ3v) is 5.56. The van der Waals surface area contributed by atoms with Gasteiger partial charge in [0.15, 0.2) is 5.16 Å². The lowest BCUT2D eigenvalue weighted by atomic mass is 9.91. The van der Waals surface area contributed by atoms with Gasteiger partial charge in [0.25, 0.3) is 0 Å². The van der Waals surface area contributed by atoms with Crippen molar-refractivity contribution in [3.05, 3.63) is 12.3 Å². The van der Waals surface area contributed by atoms with Gasteiger partial charge in [-0.3, -0.25) is 4.90 Å². The van der Waals surface area contributed by atoms with Gasteiger partial charge < -0.3 is 9.80 Å². The summed E-state index contributed by atoms with van der Waals surface area (Å²) < 4.78 is 0. The maximum atomic E-state index is 4.64. The third-order valence-electron chi connectivity index (χ3n) is 5.00. The van der Waals surface area contributed by atoms with Crippen molar-refractivity contribution in [3.63, 3.8) is 0 Å². The molecule has 6 heteroatoms. The van der Waals surface area contributed by atoms with Crippen LogP contribution in [0.3, 0.4) is 0 Å². The predicted molar refractivity (Wildman–Crippen MR) is 102 cm³/mol. The summed E-state index contributed by atoms with van der Waals surface area (Å²) in [5.74, 6) is 1.07. The molecule has 0 spiro atoms. The molecule has 0 aliphatic carbocycles. The van der Waals surface area contributed by atoms with Crippen molar-refractivity contribution in [2.75, 3.05) is 63.5 Å². The SMILES string of the molecule is CSc1nccc(N2CCN(CC(C)(C)CN3CCCC3)CC2)n1. The number of rotatable bonds is 6. The van der Waals surface area contributed by atoms with Crippen molar-refractivity contribution >= 4 is 17.6 Å². The Labute approximate surface area is 150 Å². The molecule has 5 nitrogen and oxygen atoms in total. The number of anilines is 1. The number of nitrogens with zero attached hydrogens (tertiary/aromatic N) is 5. The number of piperazine rings is 1. The van der Waals surface area contributed by atoms with Crippen LogP contribution in [0.15, 0.2) is 17.4 Å². The van der Waals surface area contributed by atoms with Gasteiger partial charge in [-0.2, -0.15) is 0 Å². The number of thioether (sulfide) groups is 1. The van der Waals surface area contributed by atoms with E-state index in [2.05, 4.69) is 38.5 Å². The minimum atomic E-state index is 0.368. The lowest BCUT2D eigenvalue weighted by molar-refractivity contribution is 0.128. The molecule has 2 aliphatic rings. The summed E-state index contributed by atoms with van der Waals surface area (Å²) >= 11 is 1.61. The molecule has 2 saturated heterocycles. The second-order valence-corrected chi connectivity index (χ2v) is 8.59. The smallest absolute Gasteiger partial charge is 0.189 e. The van der Waals surface area contributed by atoms with E-state index in [9.17, 15) is 0 Å². The first-order valence-corrected chi connectivity index (χ1v) is 10.3. The summed E-state index contributed by atoms with van der Waals surface area (Å²) in [4.78, 5) is 16.6. The highest BCUT2D eigenvalue weighted by Gasteiger charge is 2.28. The zero-order valence-electron chi connectivity index (χ0n) is 15.4. The van der Waals surface area contributed by atoms with Crippen molar-refractivity contribution in [3.8, 4) is 0 Å². The van der Waals surface area contributed by atoms with Crippen LogP contribution in [0.4, 0.5) is 5.82 Å². The van der Waals surface area contributed by atoms with E-state index in [1.54, 1.807) is 11.8 Å². The second kappa shape index (κ2) is 8.02. The molecule has 0 radical (unpaired) electrons. The van der Waals surface area contributed by atoms with Crippen LogP contribution in [0.5, 0.6) is 0 Å². The summed E-state index contributed by atoms with van der Waals surface area (Å²) in [5.41, 5.74) is 0.368. The van der Waals surface area contributed by atoms with Gasteiger partial charge >= 0.3 is 0 Å². The van der Waals surface area contributed by atoms with E-state index in [0.717, 1.165) is 37.2 Å². The first-order valence-electron chi connectivity index (χ1n) is 9.12. The number of hydrogen-bond acceptors (Lipinski definition) is 6. The van der Waals surface area contributed by atoms with Gasteiger partial charge in [0.1, 0.15) is 5.82 Å². The molecule has 1 aromatic heterocycles. The lowest BCUT2D eigenvalue weighted by Crippen LogP contribution is -2.50. The maximum Gasteiger partial charge on any atom is 0.189 e. The number of likely N-dealkylation sites (tertiary alicyclic amines) is 1. The highest BCUT2D eigenvalue weighted by molar-refractivity contribution is 7.98. The fourth-order valence-corrected chi connectivity index (χ4v) is 4.29. The van der Waals surface area contributed by atoms with E-state index in [1.165, 1.54) is 39.0 Å². The Bertz CT molecular complexity index is 522. The van der Waals surface area contributed by atoms with Crippen LogP contribution in [0.2, 0.25) is 0 Å². The van der Waals surface area contributed by atoms with Crippen LogP contribution < -0.4 is 4.90 Å². The molecule has 0 aromatic carbocycles. The largest absolute Gasteiger partial charge is 0.354 e. The van der Waals surface area contributed by atoms with Crippen molar-refractivity contribution in [1.82, 2.24) is 19.8 Å². The zero-order chi connectivity index (χ0) is 17.0. The molecule has 0 bridgehead atoms. The first-order chi connectivity index (χ1) is 11.6. The fourth-order valence-electron chi connectivity index (χ4n) is 3.94. The molecule has 0 amide bonds. The summed E-state index contributed by atoms with van der Waals surface area (Å²) in [5, 5.41) is 0.863. The highest BCUT2D eigenvalue weighted by atomic mass is 32.2. The molecule has 3 heterocycles. The molecule has 0 saturated carbocycles. The number of aromatic nitrogens is 2. The second-order valence-electron chi connectivity index (χ2n) is 7.81. The average Bonchev–Trinajstić information content (AvgIpc) is 3.07. The summed E-state index contributed by atoms with van der Waals surface area (Å²) in [6.45, 7) is 14.2. The molecule has 1 aromatic rings. The summed E-state index contributed by atoms with van der Waals surface area (Å²) in [6, 6.07) is 2.03. The Morgan fingerprint density at radius 3 is 2.25 bits per heavy atom. The van der Waals surface area contributed by atoms with E-state index in [0.29, 0.717) is 5.41 Å². The van der Waals surface area contributed by atoms with E-state index in [-0.39, 0.29) is 0 Å². The molecule has 0 N–H and O–H groups in total. The minimum Gasteiger partial charge on any atom is -0.354 e. The molecule has 0 atom stereocenters. The Morgan fingerprint density at radius 1 is 1.00 bits per heavy atom.